The Morgan fingerprint density at radius 1 is 0.913 bits per heavy atom. The Morgan fingerprint density at radius 3 is 2.13 bits per heavy atom. The molecule has 0 unspecified atom stereocenters. The number of halogens is 7. The van der Waals surface area contributed by atoms with Crippen LogP contribution in [0.4, 0.5) is 26.3 Å². The highest BCUT2D eigenvalue weighted by Crippen LogP contribution is 2.47. The van der Waals surface area contributed by atoms with Crippen molar-refractivity contribution < 1.29 is 31.4 Å². The highest BCUT2D eigenvalue weighted by Gasteiger charge is 2.38. The molecular formula is C14H5F6IOS. The van der Waals surface area contributed by atoms with Gasteiger partial charge in [-0.2, -0.15) is 26.3 Å². The monoisotopic (exact) mass is 462 g/mol. The molecule has 0 saturated carbocycles. The van der Waals surface area contributed by atoms with Gasteiger partial charge in [-0.05, 0) is 46.9 Å². The number of benzene rings is 2. The highest BCUT2D eigenvalue weighted by molar-refractivity contribution is 14.1. The minimum Gasteiger partial charge on any atom is -0.507 e. The Bertz CT molecular complexity index is 925. The molecule has 0 saturated heterocycles. The Balaban J connectivity index is 2.45. The zero-order valence-corrected chi connectivity index (χ0v) is 13.8. The third kappa shape index (κ3) is 2.73. The largest absolute Gasteiger partial charge is 0.507 e. The van der Waals surface area contributed by atoms with Crippen LogP contribution in [0.25, 0.3) is 20.2 Å². The summed E-state index contributed by atoms with van der Waals surface area (Å²) in [6.07, 6.45) is -9.40. The molecule has 0 aliphatic rings. The van der Waals surface area contributed by atoms with Gasteiger partial charge in [0.15, 0.2) is 0 Å². The van der Waals surface area contributed by atoms with Crippen LogP contribution in [-0.4, -0.2) is 5.11 Å². The molecule has 0 fully saturated rings. The van der Waals surface area contributed by atoms with E-state index in [4.69, 9.17) is 0 Å². The van der Waals surface area contributed by atoms with Crippen molar-refractivity contribution in [3.8, 4) is 5.75 Å². The van der Waals surface area contributed by atoms with Crippen LogP contribution in [0.15, 0.2) is 24.3 Å². The van der Waals surface area contributed by atoms with Crippen LogP contribution in [0.2, 0.25) is 0 Å². The van der Waals surface area contributed by atoms with E-state index in [-0.39, 0.29) is 19.0 Å². The number of hydrogen-bond donors (Lipinski definition) is 1. The van der Waals surface area contributed by atoms with E-state index in [0.29, 0.717) is 16.0 Å². The lowest BCUT2D eigenvalue weighted by atomic mass is 10.1. The minimum absolute atomic E-state index is 0.0389. The highest BCUT2D eigenvalue weighted by atomic mass is 127. The molecule has 0 aliphatic heterocycles. The first-order valence-electron chi connectivity index (χ1n) is 6.02. The third-order valence-electron chi connectivity index (χ3n) is 3.30. The third-order valence-corrected chi connectivity index (χ3v) is 5.37. The van der Waals surface area contributed by atoms with Gasteiger partial charge >= 0.3 is 12.4 Å². The summed E-state index contributed by atoms with van der Waals surface area (Å²) >= 11 is 2.22. The SMILES string of the molecule is Oc1ccc2c(sc3cc(I)c(C(F)(F)F)cc32)c1C(F)(F)F. The van der Waals surface area contributed by atoms with Crippen molar-refractivity contribution in [3.63, 3.8) is 0 Å². The van der Waals surface area contributed by atoms with Crippen LogP contribution in [0.3, 0.4) is 0 Å². The molecule has 0 atom stereocenters. The van der Waals surface area contributed by atoms with E-state index >= 15 is 0 Å². The zero-order valence-electron chi connectivity index (χ0n) is 10.8. The molecule has 1 nitrogen and oxygen atoms in total. The second kappa shape index (κ2) is 5.13. The smallest absolute Gasteiger partial charge is 0.421 e. The molecule has 9 heteroatoms. The molecule has 2 aromatic carbocycles. The fraction of sp³-hybridized carbons (Fsp3) is 0.143. The van der Waals surface area contributed by atoms with Crippen LogP contribution in [-0.2, 0) is 12.4 Å². The first-order chi connectivity index (χ1) is 10.5. The van der Waals surface area contributed by atoms with E-state index in [1.165, 1.54) is 34.7 Å². The summed E-state index contributed by atoms with van der Waals surface area (Å²) in [6, 6.07) is 4.11. The second-order valence-electron chi connectivity index (χ2n) is 4.76. The van der Waals surface area contributed by atoms with Crippen molar-refractivity contribution in [3.05, 3.63) is 39.0 Å². The maximum atomic E-state index is 13.1. The molecule has 0 bridgehead atoms. The number of thiophene rings is 1. The Kier molecular flexibility index (Phi) is 3.71. The molecule has 1 N–H and O–H groups in total. The molecule has 1 aromatic heterocycles. The molecule has 122 valence electrons. The van der Waals surface area contributed by atoms with Gasteiger partial charge in [-0.25, -0.2) is 0 Å². The molecule has 0 spiro atoms. The normalized spacial score (nSPS) is 13.2. The lowest BCUT2D eigenvalue weighted by molar-refractivity contribution is -0.138. The predicted molar refractivity (Wildman–Crippen MR) is 83.7 cm³/mol. The van der Waals surface area contributed by atoms with Crippen molar-refractivity contribution in [2.24, 2.45) is 0 Å². The summed E-state index contributed by atoms with van der Waals surface area (Å²) in [7, 11) is 0. The van der Waals surface area contributed by atoms with E-state index in [1.807, 2.05) is 0 Å². The maximum absolute atomic E-state index is 13.1. The number of rotatable bonds is 0. The second-order valence-corrected chi connectivity index (χ2v) is 6.98. The van der Waals surface area contributed by atoms with Gasteiger partial charge in [0.2, 0.25) is 0 Å². The van der Waals surface area contributed by atoms with Gasteiger partial charge in [-0.15, -0.1) is 11.3 Å². The quantitative estimate of drug-likeness (QED) is 0.303. The van der Waals surface area contributed by atoms with Gasteiger partial charge in [0.05, 0.1) is 10.3 Å². The molecule has 0 aliphatic carbocycles. The lowest BCUT2D eigenvalue weighted by Crippen LogP contribution is -2.07. The Morgan fingerprint density at radius 2 is 1.57 bits per heavy atom. The number of aromatic hydroxyl groups is 1. The van der Waals surface area contributed by atoms with Gasteiger partial charge < -0.3 is 5.11 Å². The van der Waals surface area contributed by atoms with Crippen LogP contribution in [0.5, 0.6) is 5.75 Å². The van der Waals surface area contributed by atoms with Crippen molar-refractivity contribution in [2.45, 2.75) is 12.4 Å². The fourth-order valence-corrected chi connectivity index (χ4v) is 4.61. The summed E-state index contributed by atoms with van der Waals surface area (Å²) in [4.78, 5) is 0. The lowest BCUT2D eigenvalue weighted by Gasteiger charge is -2.10. The number of phenols is 1. The van der Waals surface area contributed by atoms with Crippen LogP contribution in [0.1, 0.15) is 11.1 Å². The molecule has 23 heavy (non-hydrogen) atoms. The van der Waals surface area contributed by atoms with E-state index in [1.54, 1.807) is 0 Å². The minimum atomic E-state index is -4.80. The standard InChI is InChI=1S/C14H5F6IOS/c15-13(16,17)7-3-6-5-1-2-9(22)11(14(18,19)20)12(5)23-10(6)4-8(7)21/h1-4,22H. The Hall–Kier alpha value is -1.23. The predicted octanol–water partition coefficient (Wildman–Crippen LogP) is 6.40. The van der Waals surface area contributed by atoms with Gasteiger partial charge in [-0.1, -0.05) is 0 Å². The molecule has 1 heterocycles. The maximum Gasteiger partial charge on any atom is 0.421 e. The Labute approximate surface area is 142 Å². The van der Waals surface area contributed by atoms with E-state index in [0.717, 1.165) is 12.1 Å². The summed E-state index contributed by atoms with van der Waals surface area (Å²) in [5.41, 5.74) is -2.12. The summed E-state index contributed by atoms with van der Waals surface area (Å²) in [6.45, 7) is 0. The van der Waals surface area contributed by atoms with E-state index in [2.05, 4.69) is 0 Å². The number of phenolic OH excluding ortho intramolecular Hbond substituents is 1. The van der Waals surface area contributed by atoms with Crippen LogP contribution >= 0.6 is 33.9 Å². The molecule has 0 radical (unpaired) electrons. The van der Waals surface area contributed by atoms with E-state index < -0.39 is 29.2 Å². The summed E-state index contributed by atoms with van der Waals surface area (Å²) in [5.74, 6) is -0.942. The number of alkyl halides is 6. The molecular weight excluding hydrogens is 457 g/mol. The zero-order chi connectivity index (χ0) is 17.2. The van der Waals surface area contributed by atoms with Crippen molar-refractivity contribution in [1.29, 1.82) is 0 Å². The average Bonchev–Trinajstić information content (AvgIpc) is 2.71. The van der Waals surface area contributed by atoms with Crippen molar-refractivity contribution in [2.75, 3.05) is 0 Å². The molecule has 3 aromatic rings. The van der Waals surface area contributed by atoms with Crippen molar-refractivity contribution >= 4 is 54.1 Å². The van der Waals surface area contributed by atoms with Crippen LogP contribution in [0, 0.1) is 3.57 Å². The average molecular weight is 462 g/mol. The topological polar surface area (TPSA) is 20.2 Å². The van der Waals surface area contributed by atoms with Gasteiger partial charge in [0.1, 0.15) is 11.3 Å². The molecule has 0 amide bonds. The van der Waals surface area contributed by atoms with Gasteiger partial charge in [0.25, 0.3) is 0 Å². The number of hydrogen-bond acceptors (Lipinski definition) is 2. The van der Waals surface area contributed by atoms with E-state index in [9.17, 15) is 31.4 Å². The summed E-state index contributed by atoms with van der Waals surface area (Å²) in [5, 5.41) is 9.64. The summed E-state index contributed by atoms with van der Waals surface area (Å²) < 4.78 is 78.3. The van der Waals surface area contributed by atoms with Crippen LogP contribution < -0.4 is 0 Å². The number of fused-ring (bicyclic) bond motifs is 3. The fourth-order valence-electron chi connectivity index (χ4n) is 2.34. The first kappa shape index (κ1) is 16.6. The van der Waals surface area contributed by atoms with Gasteiger partial charge in [-0.3, -0.25) is 0 Å². The molecule has 3 rings (SSSR count). The first-order valence-corrected chi connectivity index (χ1v) is 7.92. The van der Waals surface area contributed by atoms with Gasteiger partial charge in [0, 0.05) is 19.0 Å². The van der Waals surface area contributed by atoms with Crippen molar-refractivity contribution in [1.82, 2.24) is 0 Å².